The Morgan fingerprint density at radius 3 is 2.89 bits per heavy atom. The molecule has 0 aliphatic heterocycles. The van der Waals surface area contributed by atoms with E-state index in [1.54, 1.807) is 43.8 Å². The highest BCUT2D eigenvalue weighted by Crippen LogP contribution is 2.40. The molecule has 0 saturated heterocycles. The number of anilines is 1. The zero-order chi connectivity index (χ0) is 19.7. The number of nitrogens with one attached hydrogen (secondary N) is 1. The first-order valence-electron chi connectivity index (χ1n) is 9.02. The number of nitrogens with zero attached hydrogens (tertiary/aromatic N) is 2. The van der Waals surface area contributed by atoms with Gasteiger partial charge in [-0.1, -0.05) is 11.8 Å². The van der Waals surface area contributed by atoms with Gasteiger partial charge in [0.2, 0.25) is 5.91 Å². The number of aryl methyl sites for hydroxylation is 3. The summed E-state index contributed by atoms with van der Waals surface area (Å²) in [6.07, 6.45) is 3.38. The number of methoxy groups -OCH3 is 2. The second kappa shape index (κ2) is 7.97. The predicted octanol–water partition coefficient (Wildman–Crippen LogP) is 4.24. The maximum absolute atomic E-state index is 12.6. The van der Waals surface area contributed by atoms with Gasteiger partial charge in [-0.2, -0.15) is 0 Å². The van der Waals surface area contributed by atoms with E-state index in [0.717, 1.165) is 33.9 Å². The van der Waals surface area contributed by atoms with Crippen molar-refractivity contribution in [3.8, 4) is 11.5 Å². The highest BCUT2D eigenvalue weighted by atomic mass is 32.2. The molecule has 0 saturated carbocycles. The summed E-state index contributed by atoms with van der Waals surface area (Å²) in [5.41, 5.74) is 1.96. The minimum absolute atomic E-state index is 0.118. The molecule has 6 nitrogen and oxygen atoms in total. The Kier molecular flexibility index (Phi) is 5.41. The summed E-state index contributed by atoms with van der Waals surface area (Å²) < 4.78 is 10.6. The van der Waals surface area contributed by atoms with Gasteiger partial charge in [0.25, 0.3) is 0 Å². The molecule has 0 bridgehead atoms. The number of benzene rings is 1. The molecule has 1 aliphatic rings. The van der Waals surface area contributed by atoms with E-state index in [1.165, 1.54) is 28.6 Å². The van der Waals surface area contributed by atoms with Gasteiger partial charge < -0.3 is 14.8 Å². The number of ether oxygens (including phenoxy) is 2. The van der Waals surface area contributed by atoms with Gasteiger partial charge in [-0.25, -0.2) is 9.97 Å². The van der Waals surface area contributed by atoms with Crippen LogP contribution in [0.1, 0.15) is 22.7 Å². The molecule has 0 radical (unpaired) electrons. The molecular formula is C20H21N3O3S2. The summed E-state index contributed by atoms with van der Waals surface area (Å²) in [4.78, 5) is 24.3. The molecule has 2 aromatic heterocycles. The lowest BCUT2D eigenvalue weighted by Gasteiger charge is -2.12. The van der Waals surface area contributed by atoms with Crippen molar-refractivity contribution in [3.05, 3.63) is 34.5 Å². The smallest absolute Gasteiger partial charge is 0.234 e. The van der Waals surface area contributed by atoms with Crippen LogP contribution in [-0.2, 0) is 17.6 Å². The summed E-state index contributed by atoms with van der Waals surface area (Å²) in [6, 6.07) is 5.31. The van der Waals surface area contributed by atoms with Gasteiger partial charge in [0.15, 0.2) is 0 Å². The van der Waals surface area contributed by atoms with Crippen molar-refractivity contribution in [2.24, 2.45) is 0 Å². The minimum Gasteiger partial charge on any atom is -0.497 e. The first kappa shape index (κ1) is 19.0. The molecule has 0 spiro atoms. The van der Waals surface area contributed by atoms with Crippen molar-refractivity contribution >= 4 is 44.9 Å². The van der Waals surface area contributed by atoms with Crippen LogP contribution in [0.2, 0.25) is 0 Å². The number of rotatable bonds is 6. The molecule has 0 unspecified atom stereocenters. The quantitative estimate of drug-likeness (QED) is 0.480. The van der Waals surface area contributed by atoms with Gasteiger partial charge in [-0.3, -0.25) is 4.79 Å². The van der Waals surface area contributed by atoms with Crippen LogP contribution in [0.3, 0.4) is 0 Å². The monoisotopic (exact) mass is 415 g/mol. The molecule has 146 valence electrons. The number of fused-ring (bicyclic) bond motifs is 3. The Hall–Kier alpha value is -2.32. The van der Waals surface area contributed by atoms with Crippen LogP contribution in [0, 0.1) is 6.92 Å². The minimum atomic E-state index is -0.118. The van der Waals surface area contributed by atoms with Crippen molar-refractivity contribution < 1.29 is 14.3 Å². The van der Waals surface area contributed by atoms with Crippen LogP contribution in [0.4, 0.5) is 5.69 Å². The van der Waals surface area contributed by atoms with Gasteiger partial charge in [0.1, 0.15) is 27.2 Å². The van der Waals surface area contributed by atoms with Gasteiger partial charge in [-0.05, 0) is 43.9 Å². The highest BCUT2D eigenvalue weighted by molar-refractivity contribution is 8.00. The molecule has 0 fully saturated rings. The molecule has 1 aromatic carbocycles. The molecule has 2 heterocycles. The topological polar surface area (TPSA) is 73.3 Å². The molecule has 8 heteroatoms. The van der Waals surface area contributed by atoms with E-state index in [1.807, 2.05) is 6.92 Å². The van der Waals surface area contributed by atoms with Crippen LogP contribution >= 0.6 is 23.1 Å². The van der Waals surface area contributed by atoms with Crippen LogP contribution in [0.5, 0.6) is 11.5 Å². The Bertz CT molecular complexity index is 1050. The number of hydrogen-bond acceptors (Lipinski definition) is 7. The fourth-order valence-electron chi connectivity index (χ4n) is 3.40. The molecule has 1 N–H and O–H groups in total. The summed E-state index contributed by atoms with van der Waals surface area (Å²) in [6.45, 7) is 1.90. The van der Waals surface area contributed by atoms with E-state index in [0.29, 0.717) is 17.2 Å². The fraction of sp³-hybridized carbons (Fsp3) is 0.350. The predicted molar refractivity (Wildman–Crippen MR) is 113 cm³/mol. The van der Waals surface area contributed by atoms with E-state index in [9.17, 15) is 4.79 Å². The summed E-state index contributed by atoms with van der Waals surface area (Å²) in [7, 11) is 3.16. The van der Waals surface area contributed by atoms with Crippen LogP contribution in [0.15, 0.2) is 23.2 Å². The summed E-state index contributed by atoms with van der Waals surface area (Å²) >= 11 is 3.22. The zero-order valence-corrected chi connectivity index (χ0v) is 17.6. The lowest BCUT2D eigenvalue weighted by Crippen LogP contribution is -2.15. The number of aromatic nitrogens is 2. The van der Waals surface area contributed by atoms with Gasteiger partial charge in [0, 0.05) is 16.3 Å². The third kappa shape index (κ3) is 3.66. The molecule has 28 heavy (non-hydrogen) atoms. The Balaban J connectivity index is 1.53. The van der Waals surface area contributed by atoms with E-state index < -0.39 is 0 Å². The standard InChI is InChI=1S/C20H21N3O3S2/c1-11-21-19(18-13-5-4-6-16(13)28-20(18)22-11)27-10-17(24)23-14-9-12(25-2)7-8-15(14)26-3/h7-9H,4-6,10H2,1-3H3,(H,23,24). The third-order valence-corrected chi connectivity index (χ3v) is 6.83. The number of thioether (sulfide) groups is 1. The lowest BCUT2D eigenvalue weighted by atomic mass is 10.2. The Labute approximate surface area is 171 Å². The van der Waals surface area contributed by atoms with Crippen molar-refractivity contribution in [1.82, 2.24) is 9.97 Å². The second-order valence-corrected chi connectivity index (χ2v) is 8.56. The lowest BCUT2D eigenvalue weighted by molar-refractivity contribution is -0.113. The normalized spacial score (nSPS) is 12.8. The van der Waals surface area contributed by atoms with E-state index in [-0.39, 0.29) is 11.7 Å². The average molecular weight is 416 g/mol. The third-order valence-electron chi connectivity index (χ3n) is 4.66. The molecule has 0 atom stereocenters. The number of thiophene rings is 1. The number of carbonyl (C=O) groups excluding carboxylic acids is 1. The van der Waals surface area contributed by atoms with E-state index in [4.69, 9.17) is 9.47 Å². The summed E-state index contributed by atoms with van der Waals surface area (Å²) in [5.74, 6) is 2.13. The molecule has 1 amide bonds. The Morgan fingerprint density at radius 1 is 1.25 bits per heavy atom. The average Bonchev–Trinajstić information content (AvgIpc) is 3.26. The van der Waals surface area contributed by atoms with Gasteiger partial charge in [-0.15, -0.1) is 11.3 Å². The van der Waals surface area contributed by atoms with Gasteiger partial charge >= 0.3 is 0 Å². The molecule has 4 rings (SSSR count). The van der Waals surface area contributed by atoms with Gasteiger partial charge in [0.05, 0.1) is 25.7 Å². The van der Waals surface area contributed by atoms with E-state index >= 15 is 0 Å². The summed E-state index contributed by atoms with van der Waals surface area (Å²) in [5, 5.41) is 4.95. The van der Waals surface area contributed by atoms with Crippen molar-refractivity contribution in [2.45, 2.75) is 31.2 Å². The second-order valence-electron chi connectivity index (χ2n) is 6.52. The first-order valence-corrected chi connectivity index (χ1v) is 10.8. The van der Waals surface area contributed by atoms with Crippen molar-refractivity contribution in [3.63, 3.8) is 0 Å². The van der Waals surface area contributed by atoms with Crippen molar-refractivity contribution in [1.29, 1.82) is 0 Å². The van der Waals surface area contributed by atoms with Crippen molar-refractivity contribution in [2.75, 3.05) is 25.3 Å². The van der Waals surface area contributed by atoms with Crippen LogP contribution < -0.4 is 14.8 Å². The number of amides is 1. The maximum Gasteiger partial charge on any atom is 0.234 e. The fourth-order valence-corrected chi connectivity index (χ4v) is 5.67. The molecule has 1 aliphatic carbocycles. The SMILES string of the molecule is COc1ccc(OC)c(NC(=O)CSc2nc(C)nc3sc4c(c23)CCC4)c1. The molecular weight excluding hydrogens is 394 g/mol. The van der Waals surface area contributed by atoms with Crippen LogP contribution in [-0.4, -0.2) is 35.8 Å². The van der Waals surface area contributed by atoms with E-state index in [2.05, 4.69) is 15.3 Å². The highest BCUT2D eigenvalue weighted by Gasteiger charge is 2.22. The maximum atomic E-state index is 12.6. The molecule has 3 aromatic rings. The zero-order valence-electron chi connectivity index (χ0n) is 16.0. The number of hydrogen-bond donors (Lipinski definition) is 1. The Morgan fingerprint density at radius 2 is 2.11 bits per heavy atom. The first-order chi connectivity index (χ1) is 13.6. The largest absolute Gasteiger partial charge is 0.497 e. The van der Waals surface area contributed by atoms with Crippen LogP contribution in [0.25, 0.3) is 10.2 Å². The number of carbonyl (C=O) groups is 1.